The number of carbonyl (C=O) groups excluding carboxylic acids is 2. The van der Waals surface area contributed by atoms with Gasteiger partial charge in [-0.15, -0.1) is 0 Å². The molecule has 1 fully saturated rings. The van der Waals surface area contributed by atoms with E-state index in [2.05, 4.69) is 10.3 Å². The van der Waals surface area contributed by atoms with Gasteiger partial charge >= 0.3 is 0 Å². The first-order valence-electron chi connectivity index (χ1n) is 10.8. The summed E-state index contributed by atoms with van der Waals surface area (Å²) in [6.07, 6.45) is 5.06. The van der Waals surface area contributed by atoms with Gasteiger partial charge in [-0.25, -0.2) is 0 Å². The SMILES string of the molecule is O=C1NC(=S)N(c2ccc(Oc3ccccc3)cc2)C(=O)/C1=C/c1ccc(-c2cccnc2)cc1. The zero-order valence-corrected chi connectivity index (χ0v) is 19.2. The summed E-state index contributed by atoms with van der Waals surface area (Å²) in [4.78, 5) is 31.3. The first-order chi connectivity index (χ1) is 17.1. The van der Waals surface area contributed by atoms with Gasteiger partial charge in [-0.3, -0.25) is 24.8 Å². The minimum atomic E-state index is -0.531. The van der Waals surface area contributed by atoms with Crippen LogP contribution >= 0.6 is 12.2 Å². The molecule has 0 spiro atoms. The number of benzene rings is 3. The van der Waals surface area contributed by atoms with Crippen molar-refractivity contribution in [2.24, 2.45) is 0 Å². The zero-order valence-electron chi connectivity index (χ0n) is 18.4. The summed E-state index contributed by atoms with van der Waals surface area (Å²) in [7, 11) is 0. The van der Waals surface area contributed by atoms with Crippen molar-refractivity contribution in [1.29, 1.82) is 0 Å². The Bertz CT molecular complexity index is 1420. The summed E-state index contributed by atoms with van der Waals surface area (Å²) in [5, 5.41) is 2.64. The first kappa shape index (κ1) is 22.2. The minimum absolute atomic E-state index is 0.00246. The maximum Gasteiger partial charge on any atom is 0.270 e. The van der Waals surface area contributed by atoms with Crippen LogP contribution in [0, 0.1) is 0 Å². The number of aromatic nitrogens is 1. The van der Waals surface area contributed by atoms with Gasteiger partial charge in [0.15, 0.2) is 5.11 Å². The van der Waals surface area contributed by atoms with E-state index in [1.165, 1.54) is 4.90 Å². The summed E-state index contributed by atoms with van der Waals surface area (Å²) >= 11 is 5.30. The molecule has 4 aromatic rings. The quantitative estimate of drug-likeness (QED) is 0.238. The van der Waals surface area contributed by atoms with E-state index in [4.69, 9.17) is 17.0 Å². The molecular weight excluding hydrogens is 458 g/mol. The van der Waals surface area contributed by atoms with Crippen LogP contribution in [-0.2, 0) is 9.59 Å². The smallest absolute Gasteiger partial charge is 0.270 e. The Labute approximate surface area is 207 Å². The summed E-state index contributed by atoms with van der Waals surface area (Å²) < 4.78 is 5.81. The Morgan fingerprint density at radius 1 is 0.800 bits per heavy atom. The van der Waals surface area contributed by atoms with Crippen molar-refractivity contribution in [2.45, 2.75) is 0 Å². The molecule has 1 aromatic heterocycles. The van der Waals surface area contributed by atoms with E-state index >= 15 is 0 Å². The van der Waals surface area contributed by atoms with Gasteiger partial charge < -0.3 is 4.74 Å². The van der Waals surface area contributed by atoms with E-state index in [0.717, 1.165) is 16.7 Å². The van der Waals surface area contributed by atoms with E-state index in [-0.39, 0.29) is 10.7 Å². The number of para-hydroxylation sites is 1. The third-order valence-corrected chi connectivity index (χ3v) is 5.68. The lowest BCUT2D eigenvalue weighted by atomic mass is 10.0. The lowest BCUT2D eigenvalue weighted by Gasteiger charge is -2.29. The molecule has 2 amide bonds. The van der Waals surface area contributed by atoms with Crippen LogP contribution in [0.2, 0.25) is 0 Å². The zero-order chi connectivity index (χ0) is 24.2. The number of hydrogen-bond acceptors (Lipinski definition) is 5. The topological polar surface area (TPSA) is 71.5 Å². The van der Waals surface area contributed by atoms with Gasteiger partial charge in [0.1, 0.15) is 17.1 Å². The van der Waals surface area contributed by atoms with Crippen molar-refractivity contribution in [2.75, 3.05) is 4.90 Å². The number of rotatable bonds is 5. The van der Waals surface area contributed by atoms with Crippen LogP contribution in [0.15, 0.2) is 109 Å². The van der Waals surface area contributed by atoms with E-state index in [9.17, 15) is 9.59 Å². The van der Waals surface area contributed by atoms with Crippen LogP contribution in [0.4, 0.5) is 5.69 Å². The maximum absolute atomic E-state index is 13.3. The van der Waals surface area contributed by atoms with Crippen molar-refractivity contribution in [3.05, 3.63) is 115 Å². The molecule has 1 aliphatic heterocycles. The van der Waals surface area contributed by atoms with Gasteiger partial charge in [0.05, 0.1) is 5.69 Å². The molecule has 1 aliphatic rings. The van der Waals surface area contributed by atoms with Crippen molar-refractivity contribution in [1.82, 2.24) is 10.3 Å². The maximum atomic E-state index is 13.3. The molecule has 5 rings (SSSR count). The molecule has 1 saturated heterocycles. The van der Waals surface area contributed by atoms with E-state index in [1.54, 1.807) is 42.7 Å². The van der Waals surface area contributed by atoms with Crippen LogP contribution in [0.5, 0.6) is 11.5 Å². The van der Waals surface area contributed by atoms with Gasteiger partial charge in [0, 0.05) is 12.4 Å². The normalized spacial score (nSPS) is 14.7. The van der Waals surface area contributed by atoms with Crippen molar-refractivity contribution >= 4 is 40.9 Å². The molecular formula is C28H19N3O3S. The van der Waals surface area contributed by atoms with Gasteiger partial charge in [-0.2, -0.15) is 0 Å². The van der Waals surface area contributed by atoms with Crippen LogP contribution in [-0.4, -0.2) is 21.9 Å². The van der Waals surface area contributed by atoms with Crippen molar-refractivity contribution in [3.63, 3.8) is 0 Å². The number of nitrogens with zero attached hydrogens (tertiary/aromatic N) is 2. The molecule has 2 heterocycles. The van der Waals surface area contributed by atoms with Crippen molar-refractivity contribution < 1.29 is 14.3 Å². The fourth-order valence-corrected chi connectivity index (χ4v) is 3.93. The molecule has 0 aliphatic carbocycles. The second-order valence-corrected chi connectivity index (χ2v) is 8.12. The third-order valence-electron chi connectivity index (χ3n) is 5.39. The molecule has 6 nitrogen and oxygen atoms in total. The second kappa shape index (κ2) is 9.70. The predicted octanol–water partition coefficient (Wildman–Crippen LogP) is 5.37. The first-order valence-corrected chi connectivity index (χ1v) is 11.2. The lowest BCUT2D eigenvalue weighted by molar-refractivity contribution is -0.122. The Morgan fingerprint density at radius 2 is 1.51 bits per heavy atom. The largest absolute Gasteiger partial charge is 0.457 e. The Morgan fingerprint density at radius 3 is 2.20 bits per heavy atom. The molecule has 170 valence electrons. The van der Waals surface area contributed by atoms with E-state index < -0.39 is 11.8 Å². The van der Waals surface area contributed by atoms with Gasteiger partial charge in [0.25, 0.3) is 11.8 Å². The second-order valence-electron chi connectivity index (χ2n) is 7.73. The highest BCUT2D eigenvalue weighted by atomic mass is 32.1. The number of amides is 2. The summed E-state index contributed by atoms with van der Waals surface area (Å²) in [6, 6.07) is 27.7. The summed E-state index contributed by atoms with van der Waals surface area (Å²) in [5.74, 6) is 0.295. The highest BCUT2D eigenvalue weighted by Crippen LogP contribution is 2.27. The Balaban J connectivity index is 1.38. The van der Waals surface area contributed by atoms with Gasteiger partial charge in [-0.05, 0) is 77.4 Å². The molecule has 0 unspecified atom stereocenters. The highest BCUT2D eigenvalue weighted by Gasteiger charge is 2.34. The summed E-state index contributed by atoms with van der Waals surface area (Å²) in [5.41, 5.74) is 3.21. The monoisotopic (exact) mass is 477 g/mol. The van der Waals surface area contributed by atoms with Crippen LogP contribution < -0.4 is 15.0 Å². The fraction of sp³-hybridized carbons (Fsp3) is 0. The molecule has 0 atom stereocenters. The molecule has 35 heavy (non-hydrogen) atoms. The molecule has 0 bridgehead atoms. The molecule has 1 N–H and O–H groups in total. The molecule has 3 aromatic carbocycles. The van der Waals surface area contributed by atoms with E-state index in [1.807, 2.05) is 66.7 Å². The number of thiocarbonyl (C=S) groups is 1. The highest BCUT2D eigenvalue weighted by molar-refractivity contribution is 7.80. The number of hydrogen-bond donors (Lipinski definition) is 1. The number of carbonyl (C=O) groups is 2. The Hall–Kier alpha value is -4.62. The molecule has 7 heteroatoms. The third kappa shape index (κ3) is 4.85. The van der Waals surface area contributed by atoms with Gasteiger partial charge in [-0.1, -0.05) is 48.5 Å². The van der Waals surface area contributed by atoms with Crippen LogP contribution in [0.25, 0.3) is 17.2 Å². The van der Waals surface area contributed by atoms with E-state index in [0.29, 0.717) is 17.2 Å². The molecule has 0 saturated carbocycles. The van der Waals surface area contributed by atoms with Gasteiger partial charge in [0.2, 0.25) is 0 Å². The predicted molar refractivity (Wildman–Crippen MR) is 139 cm³/mol. The number of ether oxygens (including phenoxy) is 1. The fourth-order valence-electron chi connectivity index (χ4n) is 3.65. The lowest BCUT2D eigenvalue weighted by Crippen LogP contribution is -2.54. The summed E-state index contributed by atoms with van der Waals surface area (Å²) in [6.45, 7) is 0. The average Bonchev–Trinajstić information content (AvgIpc) is 2.89. The van der Waals surface area contributed by atoms with Crippen LogP contribution in [0.3, 0.4) is 0 Å². The number of pyridine rings is 1. The number of nitrogens with one attached hydrogen (secondary N) is 1. The number of anilines is 1. The minimum Gasteiger partial charge on any atom is -0.457 e. The van der Waals surface area contributed by atoms with Crippen molar-refractivity contribution in [3.8, 4) is 22.6 Å². The molecule has 0 radical (unpaired) electrons. The Kier molecular flexibility index (Phi) is 6.15. The standard InChI is InChI=1S/C28H19N3O3S/c32-26-25(17-19-8-10-20(11-9-19)21-5-4-16-29-18-21)27(33)31(28(35)30-26)22-12-14-24(15-13-22)34-23-6-2-1-3-7-23/h1-18H,(H,30,32,35)/b25-17+. The average molecular weight is 478 g/mol. The van der Waals surface area contributed by atoms with Crippen LogP contribution in [0.1, 0.15) is 5.56 Å².